The molecule has 2 aromatic rings. The number of aromatic nitrogens is 3. The van der Waals surface area contributed by atoms with Crippen LogP contribution in [0.25, 0.3) is 10.9 Å². The fourth-order valence-electron chi connectivity index (χ4n) is 2.58. The van der Waals surface area contributed by atoms with Crippen molar-refractivity contribution in [1.29, 1.82) is 0 Å². The van der Waals surface area contributed by atoms with Crippen molar-refractivity contribution < 1.29 is 14.2 Å². The predicted octanol–water partition coefficient (Wildman–Crippen LogP) is 1.32. The summed E-state index contributed by atoms with van der Waals surface area (Å²) in [5.41, 5.74) is -0.741. The third kappa shape index (κ3) is 3.34. The van der Waals surface area contributed by atoms with Crippen LogP contribution in [-0.2, 0) is 0 Å². The van der Waals surface area contributed by atoms with E-state index in [2.05, 4.69) is 20.3 Å². The number of rotatable bonds is 4. The molecule has 24 heavy (non-hydrogen) atoms. The molecular weight excluding hydrogens is 359 g/mol. The molecule has 3 heterocycles. The molecule has 0 aliphatic carbocycles. The number of nitrogens with one attached hydrogen (secondary N) is 2. The molecule has 1 fully saturated rings. The van der Waals surface area contributed by atoms with E-state index in [-0.39, 0.29) is 34.6 Å². The van der Waals surface area contributed by atoms with Gasteiger partial charge in [-0.05, 0) is 25.6 Å². The first-order chi connectivity index (χ1) is 11.5. The number of hydrogen-bond acceptors (Lipinski definition) is 7. The molecule has 3 rings (SSSR count). The van der Waals surface area contributed by atoms with Gasteiger partial charge in [0.25, 0.3) is 5.56 Å². The first-order valence-electron chi connectivity index (χ1n) is 7.38. The lowest BCUT2D eigenvalue weighted by atomic mass is 10.0. The van der Waals surface area contributed by atoms with Crippen molar-refractivity contribution in [2.75, 3.05) is 19.4 Å². The number of fused-ring (bicyclic) bond motifs is 1. The lowest BCUT2D eigenvalue weighted by Crippen LogP contribution is -2.48. The van der Waals surface area contributed by atoms with Crippen LogP contribution in [0, 0.1) is 5.82 Å². The van der Waals surface area contributed by atoms with Gasteiger partial charge in [-0.25, -0.2) is 9.37 Å². The summed E-state index contributed by atoms with van der Waals surface area (Å²) >= 11 is 6.97. The largest absolute Gasteiger partial charge is 0.475 e. The topological polar surface area (TPSA) is 100 Å². The maximum Gasteiger partial charge on any atom is 0.265 e. The second-order valence-electron chi connectivity index (χ2n) is 5.40. The molecule has 10 heteroatoms. The van der Waals surface area contributed by atoms with Gasteiger partial charge in [0.15, 0.2) is 16.1 Å². The Morgan fingerprint density at radius 1 is 1.50 bits per heavy atom. The molecule has 7 nitrogen and oxygen atoms in total. The molecule has 0 saturated carbocycles. The van der Waals surface area contributed by atoms with E-state index in [1.807, 2.05) is 0 Å². The number of aliphatic hydroxyl groups excluding tert-OH is 1. The monoisotopic (exact) mass is 374 g/mol. The van der Waals surface area contributed by atoms with E-state index in [9.17, 15) is 14.3 Å². The molecule has 1 saturated heterocycles. The van der Waals surface area contributed by atoms with Gasteiger partial charge in [-0.2, -0.15) is 4.98 Å². The number of aromatic amines is 1. The summed E-state index contributed by atoms with van der Waals surface area (Å²) in [6, 6.07) is -0.295. The number of pyridine rings is 1. The van der Waals surface area contributed by atoms with Gasteiger partial charge in [0.05, 0.1) is 12.1 Å². The van der Waals surface area contributed by atoms with Gasteiger partial charge in [-0.1, -0.05) is 23.4 Å². The Bertz CT molecular complexity index is 819. The van der Waals surface area contributed by atoms with Gasteiger partial charge < -0.3 is 20.1 Å². The molecule has 0 amide bonds. The van der Waals surface area contributed by atoms with Crippen LogP contribution < -0.4 is 15.6 Å². The highest BCUT2D eigenvalue weighted by molar-refractivity contribution is 7.98. The van der Waals surface area contributed by atoms with Crippen molar-refractivity contribution in [2.24, 2.45) is 0 Å². The van der Waals surface area contributed by atoms with E-state index in [1.165, 1.54) is 11.8 Å². The van der Waals surface area contributed by atoms with Crippen LogP contribution in [0.2, 0.25) is 5.15 Å². The van der Waals surface area contributed by atoms with Gasteiger partial charge in [0.2, 0.25) is 5.88 Å². The number of piperidine rings is 1. The SMILES string of the molecule is CSc1nc2c(F)c(Cl)nc(OCC3NCCC[C@H]3O)c2c(=O)[nH]1. The molecule has 3 N–H and O–H groups in total. The Kier molecular flexibility index (Phi) is 5.24. The summed E-state index contributed by atoms with van der Waals surface area (Å²) in [7, 11) is 0. The maximum absolute atomic E-state index is 14.2. The third-order valence-corrected chi connectivity index (χ3v) is 4.67. The minimum atomic E-state index is -0.865. The van der Waals surface area contributed by atoms with Gasteiger partial charge in [0.1, 0.15) is 17.5 Å². The molecule has 2 atom stereocenters. The average molecular weight is 375 g/mol. The highest BCUT2D eigenvalue weighted by Gasteiger charge is 2.25. The van der Waals surface area contributed by atoms with Crippen molar-refractivity contribution in [3.05, 3.63) is 21.3 Å². The number of hydrogen-bond donors (Lipinski definition) is 3. The zero-order valence-electron chi connectivity index (χ0n) is 12.8. The molecule has 2 aromatic heterocycles. The highest BCUT2D eigenvalue weighted by atomic mass is 35.5. The first-order valence-corrected chi connectivity index (χ1v) is 8.98. The zero-order valence-corrected chi connectivity index (χ0v) is 14.4. The van der Waals surface area contributed by atoms with Crippen LogP contribution in [0.5, 0.6) is 5.88 Å². The number of thioether (sulfide) groups is 1. The predicted molar refractivity (Wildman–Crippen MR) is 89.4 cm³/mol. The lowest BCUT2D eigenvalue weighted by molar-refractivity contribution is 0.0700. The second-order valence-corrected chi connectivity index (χ2v) is 6.55. The molecule has 1 unspecified atom stereocenters. The van der Waals surface area contributed by atoms with E-state index in [0.717, 1.165) is 13.0 Å². The molecular formula is C14H16ClFN4O3S. The van der Waals surface area contributed by atoms with E-state index in [0.29, 0.717) is 6.42 Å². The molecule has 130 valence electrons. The minimum absolute atomic E-state index is 0.0783. The van der Waals surface area contributed by atoms with Crippen molar-refractivity contribution in [3.8, 4) is 5.88 Å². The van der Waals surface area contributed by atoms with Gasteiger partial charge in [0, 0.05) is 0 Å². The summed E-state index contributed by atoms with van der Waals surface area (Å²) in [5.74, 6) is -0.964. The smallest absolute Gasteiger partial charge is 0.265 e. The van der Waals surface area contributed by atoms with Crippen molar-refractivity contribution in [3.63, 3.8) is 0 Å². The van der Waals surface area contributed by atoms with E-state index in [1.54, 1.807) is 6.26 Å². The second kappa shape index (κ2) is 7.22. The van der Waals surface area contributed by atoms with Crippen LogP contribution >= 0.6 is 23.4 Å². The average Bonchev–Trinajstić information content (AvgIpc) is 2.57. The number of ether oxygens (including phenoxy) is 1. The van der Waals surface area contributed by atoms with Gasteiger partial charge in [-0.3, -0.25) is 4.79 Å². The summed E-state index contributed by atoms with van der Waals surface area (Å²) in [6.45, 7) is 0.845. The molecule has 1 aliphatic rings. The highest BCUT2D eigenvalue weighted by Crippen LogP contribution is 2.27. The number of H-pyrrole nitrogens is 1. The summed E-state index contributed by atoms with van der Waals surface area (Å²) < 4.78 is 19.8. The Hall–Kier alpha value is -1.42. The summed E-state index contributed by atoms with van der Waals surface area (Å²) in [4.78, 5) is 22.7. The van der Waals surface area contributed by atoms with Crippen LogP contribution in [0.15, 0.2) is 9.95 Å². The lowest BCUT2D eigenvalue weighted by Gasteiger charge is -2.28. The Balaban J connectivity index is 1.98. The zero-order chi connectivity index (χ0) is 17.3. The molecule has 0 radical (unpaired) electrons. The standard InChI is InChI=1S/C14H16ClFN4O3S/c1-24-14-18-10-8(12(22)20-14)13(19-11(15)9(10)16)23-5-6-7(21)3-2-4-17-6/h6-7,17,21H,2-5H2,1H3,(H,18,20,22)/t6?,7-/m1/s1. The minimum Gasteiger partial charge on any atom is -0.475 e. The summed E-state index contributed by atoms with van der Waals surface area (Å²) in [5, 5.41) is 12.8. The van der Waals surface area contributed by atoms with Crippen molar-refractivity contribution in [1.82, 2.24) is 20.3 Å². The fraction of sp³-hybridized carbons (Fsp3) is 0.500. The third-order valence-electron chi connectivity index (χ3n) is 3.84. The Morgan fingerprint density at radius 2 is 2.29 bits per heavy atom. The normalized spacial score (nSPS) is 21.2. The quantitative estimate of drug-likeness (QED) is 0.421. The van der Waals surface area contributed by atoms with E-state index >= 15 is 0 Å². The maximum atomic E-state index is 14.2. The molecule has 0 aromatic carbocycles. The van der Waals surface area contributed by atoms with Crippen LogP contribution in [-0.4, -0.2) is 51.6 Å². The van der Waals surface area contributed by atoms with E-state index < -0.39 is 22.6 Å². The van der Waals surface area contributed by atoms with Crippen molar-refractivity contribution in [2.45, 2.75) is 30.1 Å². The van der Waals surface area contributed by atoms with Gasteiger partial charge in [-0.15, -0.1) is 0 Å². The number of nitrogens with zero attached hydrogens (tertiary/aromatic N) is 2. The van der Waals surface area contributed by atoms with Crippen molar-refractivity contribution >= 4 is 34.3 Å². The Morgan fingerprint density at radius 3 is 3.00 bits per heavy atom. The fourth-order valence-corrected chi connectivity index (χ4v) is 3.12. The molecule has 1 aliphatic heterocycles. The van der Waals surface area contributed by atoms with Gasteiger partial charge >= 0.3 is 0 Å². The molecule has 0 spiro atoms. The summed E-state index contributed by atoms with van der Waals surface area (Å²) in [6.07, 6.45) is 2.69. The number of halogens is 2. The van der Waals surface area contributed by atoms with E-state index in [4.69, 9.17) is 16.3 Å². The Labute approximate surface area is 146 Å². The first kappa shape index (κ1) is 17.4. The van der Waals surface area contributed by atoms with Crippen LogP contribution in [0.3, 0.4) is 0 Å². The van der Waals surface area contributed by atoms with Crippen LogP contribution in [0.1, 0.15) is 12.8 Å². The van der Waals surface area contributed by atoms with Crippen LogP contribution in [0.4, 0.5) is 4.39 Å². The molecule has 0 bridgehead atoms. The number of aliphatic hydroxyl groups is 1.